The maximum absolute atomic E-state index is 12.6. The van der Waals surface area contributed by atoms with Crippen LogP contribution >= 0.6 is 23.2 Å². The van der Waals surface area contributed by atoms with Crippen LogP contribution in [0.1, 0.15) is 5.56 Å². The predicted octanol–water partition coefficient (Wildman–Crippen LogP) is 5.63. The number of pyridine rings is 1. The summed E-state index contributed by atoms with van der Waals surface area (Å²) in [4.78, 5) is 17.3. The minimum absolute atomic E-state index is 0.121. The Morgan fingerprint density at radius 2 is 1.86 bits per heavy atom. The lowest BCUT2D eigenvalue weighted by Gasteiger charge is -2.10. The van der Waals surface area contributed by atoms with E-state index in [2.05, 4.69) is 5.32 Å². The molecule has 29 heavy (non-hydrogen) atoms. The number of nitrogens with zero attached hydrogens (tertiary/aromatic N) is 2. The molecule has 0 aliphatic carbocycles. The van der Waals surface area contributed by atoms with Crippen LogP contribution in [-0.4, -0.2) is 21.9 Å². The fraction of sp³-hybridized carbons (Fsp3) is 0.0909. The van der Waals surface area contributed by atoms with Crippen LogP contribution in [0.25, 0.3) is 16.9 Å². The highest BCUT2D eigenvalue weighted by molar-refractivity contribution is 6.42. The van der Waals surface area contributed by atoms with Crippen molar-refractivity contribution in [2.24, 2.45) is 0 Å². The van der Waals surface area contributed by atoms with E-state index < -0.39 is 0 Å². The van der Waals surface area contributed by atoms with Crippen LogP contribution < -0.4 is 10.1 Å². The third-order valence-corrected chi connectivity index (χ3v) is 5.15. The smallest absolute Gasteiger partial charge is 0.263 e. The lowest BCUT2D eigenvalue weighted by atomic mass is 10.1. The van der Waals surface area contributed by atoms with E-state index in [4.69, 9.17) is 32.9 Å². The number of aryl methyl sites for hydroxylation is 1. The number of imidazole rings is 1. The summed E-state index contributed by atoms with van der Waals surface area (Å²) in [6.45, 7) is 1.84. The summed E-state index contributed by atoms with van der Waals surface area (Å²) in [5.41, 5.74) is 3.08. The number of anilines is 1. The molecule has 2 aromatic carbocycles. The Hall–Kier alpha value is -3.02. The molecular formula is C22H17Cl2N3O2. The number of amides is 1. The highest BCUT2D eigenvalue weighted by Crippen LogP contribution is 2.33. The number of aromatic nitrogens is 2. The van der Waals surface area contributed by atoms with Gasteiger partial charge in [-0.05, 0) is 42.8 Å². The number of fused-ring (bicyclic) bond motifs is 1. The maximum Gasteiger partial charge on any atom is 0.263 e. The summed E-state index contributed by atoms with van der Waals surface area (Å²) < 4.78 is 7.39. The van der Waals surface area contributed by atoms with Crippen LogP contribution in [0.5, 0.6) is 5.75 Å². The van der Waals surface area contributed by atoms with E-state index in [1.165, 1.54) is 0 Å². The number of halogens is 2. The molecule has 0 unspecified atom stereocenters. The molecule has 0 spiro atoms. The third kappa shape index (κ3) is 4.06. The first kappa shape index (κ1) is 19.3. The second kappa shape index (κ2) is 8.15. The molecule has 0 fully saturated rings. The third-order valence-electron chi connectivity index (χ3n) is 4.41. The second-order valence-electron chi connectivity index (χ2n) is 6.47. The summed E-state index contributed by atoms with van der Waals surface area (Å²) in [6.07, 6.45) is 1.85. The van der Waals surface area contributed by atoms with Gasteiger partial charge in [-0.3, -0.25) is 9.20 Å². The van der Waals surface area contributed by atoms with Crippen LogP contribution in [0.15, 0.2) is 66.9 Å². The van der Waals surface area contributed by atoms with Crippen molar-refractivity contribution in [2.75, 3.05) is 11.9 Å². The van der Waals surface area contributed by atoms with Crippen LogP contribution in [-0.2, 0) is 4.79 Å². The van der Waals surface area contributed by atoms with Gasteiger partial charge in [0, 0.05) is 11.8 Å². The van der Waals surface area contributed by atoms with Crippen molar-refractivity contribution in [3.8, 4) is 17.0 Å². The molecule has 0 aliphatic heterocycles. The van der Waals surface area contributed by atoms with Gasteiger partial charge < -0.3 is 10.1 Å². The largest absolute Gasteiger partial charge is 0.484 e. The zero-order valence-corrected chi connectivity index (χ0v) is 17.0. The summed E-state index contributed by atoms with van der Waals surface area (Å²) in [7, 11) is 0. The highest BCUT2D eigenvalue weighted by atomic mass is 35.5. The summed E-state index contributed by atoms with van der Waals surface area (Å²) in [6, 6.07) is 18.3. The molecule has 1 N–H and O–H groups in total. The van der Waals surface area contributed by atoms with E-state index in [1.54, 1.807) is 24.3 Å². The van der Waals surface area contributed by atoms with Crippen LogP contribution in [0.3, 0.4) is 0 Å². The predicted molar refractivity (Wildman–Crippen MR) is 116 cm³/mol. The van der Waals surface area contributed by atoms with Gasteiger partial charge in [0.2, 0.25) is 0 Å². The summed E-state index contributed by atoms with van der Waals surface area (Å²) in [5, 5.41) is 3.80. The van der Waals surface area contributed by atoms with Gasteiger partial charge in [0.15, 0.2) is 6.61 Å². The van der Waals surface area contributed by atoms with E-state index >= 15 is 0 Å². The van der Waals surface area contributed by atoms with E-state index in [0.717, 1.165) is 16.8 Å². The molecule has 0 atom stereocenters. The minimum atomic E-state index is -0.293. The molecule has 0 radical (unpaired) electrons. The van der Waals surface area contributed by atoms with Crippen LogP contribution in [0.4, 0.5) is 5.82 Å². The molecule has 0 aliphatic rings. The second-order valence-corrected chi connectivity index (χ2v) is 7.29. The Labute approximate surface area is 177 Å². The first-order valence-corrected chi connectivity index (χ1v) is 9.69. The van der Waals surface area contributed by atoms with E-state index in [0.29, 0.717) is 27.3 Å². The number of hydrogen-bond acceptors (Lipinski definition) is 3. The fourth-order valence-corrected chi connectivity index (χ4v) is 3.30. The number of benzene rings is 2. The number of carbonyl (C=O) groups excluding carboxylic acids is 1. The lowest BCUT2D eigenvalue weighted by molar-refractivity contribution is -0.118. The first-order chi connectivity index (χ1) is 14.0. The van der Waals surface area contributed by atoms with Crippen molar-refractivity contribution in [3.05, 3.63) is 82.5 Å². The molecule has 7 heteroatoms. The van der Waals surface area contributed by atoms with Gasteiger partial charge in [-0.15, -0.1) is 0 Å². The standard InChI is InChI=1S/C22H17Cl2N3O2/c1-14-6-5-11-27-21(14)26-20(15-9-10-17(23)18(24)12-15)22(27)25-19(28)13-29-16-7-3-2-4-8-16/h2-12H,13H2,1H3,(H,25,28). The van der Waals surface area contributed by atoms with E-state index in [-0.39, 0.29) is 12.5 Å². The van der Waals surface area contributed by atoms with E-state index in [9.17, 15) is 4.79 Å². The van der Waals surface area contributed by atoms with Crippen molar-refractivity contribution >= 4 is 40.6 Å². The molecule has 0 saturated heterocycles. The number of ether oxygens (including phenoxy) is 1. The quantitative estimate of drug-likeness (QED) is 0.450. The van der Waals surface area contributed by atoms with Gasteiger partial charge in [0.25, 0.3) is 5.91 Å². The Kier molecular flexibility index (Phi) is 5.43. The molecular weight excluding hydrogens is 409 g/mol. The van der Waals surface area contributed by atoms with Crippen molar-refractivity contribution in [1.29, 1.82) is 0 Å². The summed E-state index contributed by atoms with van der Waals surface area (Å²) >= 11 is 12.2. The molecule has 0 saturated carbocycles. The molecule has 5 nitrogen and oxygen atoms in total. The highest BCUT2D eigenvalue weighted by Gasteiger charge is 2.18. The van der Waals surface area contributed by atoms with Crippen LogP contribution in [0, 0.1) is 6.92 Å². The minimum Gasteiger partial charge on any atom is -0.484 e. The van der Waals surface area contributed by atoms with Gasteiger partial charge in [0.1, 0.15) is 22.9 Å². The number of para-hydroxylation sites is 1. The zero-order valence-electron chi connectivity index (χ0n) is 15.5. The van der Waals surface area contributed by atoms with Gasteiger partial charge in [0.05, 0.1) is 10.0 Å². The normalized spacial score (nSPS) is 10.9. The van der Waals surface area contributed by atoms with Gasteiger partial charge in [-0.25, -0.2) is 4.98 Å². The Morgan fingerprint density at radius 1 is 1.07 bits per heavy atom. The number of nitrogens with one attached hydrogen (secondary N) is 1. The Balaban J connectivity index is 1.69. The van der Waals surface area contributed by atoms with Crippen molar-refractivity contribution in [1.82, 2.24) is 9.38 Å². The molecule has 2 aromatic heterocycles. The topological polar surface area (TPSA) is 55.6 Å². The molecule has 1 amide bonds. The van der Waals surface area contributed by atoms with Crippen molar-refractivity contribution in [3.63, 3.8) is 0 Å². The number of hydrogen-bond donors (Lipinski definition) is 1. The fourth-order valence-electron chi connectivity index (χ4n) is 3.00. The monoisotopic (exact) mass is 425 g/mol. The first-order valence-electron chi connectivity index (χ1n) is 8.94. The lowest BCUT2D eigenvalue weighted by Crippen LogP contribution is -2.21. The molecule has 4 aromatic rings. The van der Waals surface area contributed by atoms with Gasteiger partial charge >= 0.3 is 0 Å². The molecule has 0 bridgehead atoms. The molecule has 2 heterocycles. The number of rotatable bonds is 5. The van der Waals surface area contributed by atoms with Crippen LogP contribution in [0.2, 0.25) is 10.0 Å². The summed E-state index contributed by atoms with van der Waals surface area (Å²) in [5.74, 6) is 0.878. The molecule has 4 rings (SSSR count). The molecule has 146 valence electrons. The Bertz CT molecular complexity index is 1190. The Morgan fingerprint density at radius 3 is 2.62 bits per heavy atom. The average molecular weight is 426 g/mol. The van der Waals surface area contributed by atoms with Gasteiger partial charge in [-0.1, -0.05) is 53.5 Å². The maximum atomic E-state index is 12.6. The SMILES string of the molecule is Cc1cccn2c(NC(=O)COc3ccccc3)c(-c3ccc(Cl)c(Cl)c3)nc12. The van der Waals surface area contributed by atoms with E-state index in [1.807, 2.05) is 53.9 Å². The van der Waals surface area contributed by atoms with Crippen molar-refractivity contribution in [2.45, 2.75) is 6.92 Å². The number of carbonyl (C=O) groups is 1. The zero-order chi connectivity index (χ0) is 20.4. The van der Waals surface area contributed by atoms with Gasteiger partial charge in [-0.2, -0.15) is 0 Å². The average Bonchev–Trinajstić information content (AvgIpc) is 3.09. The van der Waals surface area contributed by atoms with Crippen molar-refractivity contribution < 1.29 is 9.53 Å².